The molecule has 130 valence electrons. The van der Waals surface area contributed by atoms with Crippen LogP contribution in [0.4, 0.5) is 0 Å². The summed E-state index contributed by atoms with van der Waals surface area (Å²) in [5, 5.41) is 0. The molecule has 4 nitrogen and oxygen atoms in total. The zero-order chi connectivity index (χ0) is 16.5. The Morgan fingerprint density at radius 3 is 1.32 bits per heavy atom. The Labute approximate surface area is 143 Å². The SMILES string of the molecule is O=C(CCCCl)OCCCCCCCCOC(=O)CCCCl. The number of rotatable bonds is 15. The van der Waals surface area contributed by atoms with Gasteiger partial charge in [0.25, 0.3) is 0 Å². The average Bonchev–Trinajstić information content (AvgIpc) is 2.52. The quantitative estimate of drug-likeness (QED) is 0.247. The summed E-state index contributed by atoms with van der Waals surface area (Å²) in [6, 6.07) is 0. The number of halogens is 2. The highest BCUT2D eigenvalue weighted by Crippen LogP contribution is 2.07. The van der Waals surface area contributed by atoms with Crippen LogP contribution >= 0.6 is 23.2 Å². The van der Waals surface area contributed by atoms with Crippen molar-refractivity contribution in [2.75, 3.05) is 25.0 Å². The van der Waals surface area contributed by atoms with Gasteiger partial charge in [0.15, 0.2) is 0 Å². The summed E-state index contributed by atoms with van der Waals surface area (Å²) in [7, 11) is 0. The molecule has 0 rings (SSSR count). The largest absolute Gasteiger partial charge is 0.466 e. The minimum atomic E-state index is -0.156. The van der Waals surface area contributed by atoms with E-state index >= 15 is 0 Å². The van der Waals surface area contributed by atoms with Crippen molar-refractivity contribution in [2.45, 2.75) is 64.2 Å². The molecule has 0 saturated heterocycles. The average molecular weight is 355 g/mol. The first kappa shape index (κ1) is 21.5. The molecule has 0 radical (unpaired) electrons. The fraction of sp³-hybridized carbons (Fsp3) is 0.875. The molecular formula is C16H28Cl2O4. The van der Waals surface area contributed by atoms with E-state index in [0.717, 1.165) is 38.5 Å². The Morgan fingerprint density at radius 1 is 0.591 bits per heavy atom. The molecule has 0 heterocycles. The molecule has 0 aromatic heterocycles. The predicted molar refractivity (Wildman–Crippen MR) is 89.5 cm³/mol. The van der Waals surface area contributed by atoms with Crippen molar-refractivity contribution in [1.82, 2.24) is 0 Å². The van der Waals surface area contributed by atoms with E-state index in [-0.39, 0.29) is 11.9 Å². The van der Waals surface area contributed by atoms with Gasteiger partial charge in [0.05, 0.1) is 13.2 Å². The highest BCUT2D eigenvalue weighted by molar-refractivity contribution is 6.18. The van der Waals surface area contributed by atoms with E-state index in [1.54, 1.807) is 0 Å². The molecule has 0 bridgehead atoms. The van der Waals surface area contributed by atoms with Crippen molar-refractivity contribution in [3.05, 3.63) is 0 Å². The Hall–Kier alpha value is -0.480. The molecule has 0 amide bonds. The van der Waals surface area contributed by atoms with Gasteiger partial charge in [-0.25, -0.2) is 0 Å². The van der Waals surface area contributed by atoms with E-state index in [2.05, 4.69) is 0 Å². The van der Waals surface area contributed by atoms with Crippen molar-refractivity contribution in [1.29, 1.82) is 0 Å². The van der Waals surface area contributed by atoms with Crippen LogP contribution in [0.5, 0.6) is 0 Å². The zero-order valence-electron chi connectivity index (χ0n) is 13.3. The number of hydrogen-bond acceptors (Lipinski definition) is 4. The standard InChI is InChI=1S/C16H28Cl2O4/c17-11-7-9-15(19)21-13-5-3-1-2-4-6-14-22-16(20)10-8-12-18/h1-14H2. The van der Waals surface area contributed by atoms with Crippen LogP contribution in [0.3, 0.4) is 0 Å². The summed E-state index contributed by atoms with van der Waals surface area (Å²) in [4.78, 5) is 22.4. The second-order valence-electron chi connectivity index (χ2n) is 5.15. The van der Waals surface area contributed by atoms with Crippen LogP contribution in [0.15, 0.2) is 0 Å². The second-order valence-corrected chi connectivity index (χ2v) is 5.90. The first-order chi connectivity index (χ1) is 10.7. The lowest BCUT2D eigenvalue weighted by molar-refractivity contribution is -0.144. The molecule has 0 aromatic carbocycles. The van der Waals surface area contributed by atoms with Crippen LogP contribution in [0.25, 0.3) is 0 Å². The van der Waals surface area contributed by atoms with Gasteiger partial charge in [-0.2, -0.15) is 0 Å². The molecule has 22 heavy (non-hydrogen) atoms. The smallest absolute Gasteiger partial charge is 0.305 e. The number of ether oxygens (including phenoxy) is 2. The molecule has 0 atom stereocenters. The van der Waals surface area contributed by atoms with Crippen LogP contribution in [0.2, 0.25) is 0 Å². The van der Waals surface area contributed by atoms with Crippen molar-refractivity contribution in [3.8, 4) is 0 Å². The zero-order valence-corrected chi connectivity index (χ0v) is 14.8. The topological polar surface area (TPSA) is 52.6 Å². The predicted octanol–water partition coefficient (Wildman–Crippen LogP) is 4.45. The fourth-order valence-corrected chi connectivity index (χ4v) is 2.12. The molecule has 0 unspecified atom stereocenters. The van der Waals surface area contributed by atoms with Gasteiger partial charge in [-0.3, -0.25) is 9.59 Å². The van der Waals surface area contributed by atoms with Crippen LogP contribution in [-0.4, -0.2) is 36.9 Å². The maximum Gasteiger partial charge on any atom is 0.305 e. The maximum atomic E-state index is 11.2. The van der Waals surface area contributed by atoms with E-state index in [1.165, 1.54) is 0 Å². The number of carbonyl (C=O) groups excluding carboxylic acids is 2. The van der Waals surface area contributed by atoms with Gasteiger partial charge in [-0.05, 0) is 25.7 Å². The minimum absolute atomic E-state index is 0.156. The summed E-state index contributed by atoms with van der Waals surface area (Å²) in [5.41, 5.74) is 0. The monoisotopic (exact) mass is 354 g/mol. The van der Waals surface area contributed by atoms with E-state index in [4.69, 9.17) is 32.7 Å². The molecule has 0 aliphatic heterocycles. The Bertz CT molecular complexity index is 257. The third-order valence-corrected chi connectivity index (χ3v) is 3.63. The van der Waals surface area contributed by atoms with Gasteiger partial charge in [-0.1, -0.05) is 25.7 Å². The first-order valence-corrected chi connectivity index (χ1v) is 9.20. The summed E-state index contributed by atoms with van der Waals surface area (Å²) >= 11 is 11.0. The number of unbranched alkanes of at least 4 members (excludes halogenated alkanes) is 5. The third kappa shape index (κ3) is 15.9. The van der Waals surface area contributed by atoms with E-state index < -0.39 is 0 Å². The van der Waals surface area contributed by atoms with Gasteiger partial charge in [-0.15, -0.1) is 23.2 Å². The van der Waals surface area contributed by atoms with Crippen LogP contribution in [-0.2, 0) is 19.1 Å². The van der Waals surface area contributed by atoms with Gasteiger partial charge in [0, 0.05) is 24.6 Å². The van der Waals surface area contributed by atoms with Crippen molar-refractivity contribution in [2.24, 2.45) is 0 Å². The molecule has 6 heteroatoms. The van der Waals surface area contributed by atoms with Gasteiger partial charge in [0.1, 0.15) is 0 Å². The van der Waals surface area contributed by atoms with Crippen molar-refractivity contribution >= 4 is 35.1 Å². The molecule has 0 fully saturated rings. The Morgan fingerprint density at radius 2 is 0.955 bits per heavy atom. The van der Waals surface area contributed by atoms with Crippen molar-refractivity contribution in [3.63, 3.8) is 0 Å². The summed E-state index contributed by atoms with van der Waals surface area (Å²) in [6.07, 6.45) is 8.31. The molecule has 0 saturated carbocycles. The summed E-state index contributed by atoms with van der Waals surface area (Å²) in [6.45, 7) is 0.999. The minimum Gasteiger partial charge on any atom is -0.466 e. The Balaban J connectivity index is 3.17. The maximum absolute atomic E-state index is 11.2. The Kier molecular flexibility index (Phi) is 16.5. The van der Waals surface area contributed by atoms with E-state index in [9.17, 15) is 9.59 Å². The summed E-state index contributed by atoms with van der Waals surface area (Å²) < 4.78 is 10.2. The number of esters is 2. The van der Waals surface area contributed by atoms with Crippen LogP contribution in [0, 0.1) is 0 Å². The van der Waals surface area contributed by atoms with Gasteiger partial charge in [0.2, 0.25) is 0 Å². The normalized spacial score (nSPS) is 10.5. The van der Waals surface area contributed by atoms with Gasteiger partial charge < -0.3 is 9.47 Å². The molecule has 0 aliphatic carbocycles. The fourth-order valence-electron chi connectivity index (χ4n) is 1.85. The molecular weight excluding hydrogens is 327 g/mol. The molecule has 0 aliphatic rings. The highest BCUT2D eigenvalue weighted by atomic mass is 35.5. The van der Waals surface area contributed by atoms with Crippen molar-refractivity contribution < 1.29 is 19.1 Å². The number of hydrogen-bond donors (Lipinski definition) is 0. The van der Waals surface area contributed by atoms with Crippen LogP contribution < -0.4 is 0 Å². The second kappa shape index (κ2) is 16.9. The third-order valence-electron chi connectivity index (χ3n) is 3.09. The number of alkyl halides is 2. The van der Waals surface area contributed by atoms with Gasteiger partial charge >= 0.3 is 11.9 Å². The summed E-state index contributed by atoms with van der Waals surface area (Å²) in [5.74, 6) is 0.682. The first-order valence-electron chi connectivity index (χ1n) is 8.14. The lowest BCUT2D eigenvalue weighted by atomic mass is 10.1. The molecule has 0 aromatic rings. The number of carbonyl (C=O) groups is 2. The van der Waals surface area contributed by atoms with E-state index in [1.807, 2.05) is 0 Å². The van der Waals surface area contributed by atoms with Crippen LogP contribution in [0.1, 0.15) is 64.2 Å². The molecule has 0 spiro atoms. The molecule has 0 N–H and O–H groups in total. The lowest BCUT2D eigenvalue weighted by Crippen LogP contribution is -2.06. The van der Waals surface area contributed by atoms with E-state index in [0.29, 0.717) is 50.7 Å². The highest BCUT2D eigenvalue weighted by Gasteiger charge is 2.02. The lowest BCUT2D eigenvalue weighted by Gasteiger charge is -2.05.